The van der Waals surface area contributed by atoms with Gasteiger partial charge >= 0.3 is 0 Å². The highest BCUT2D eigenvalue weighted by Crippen LogP contribution is 2.24. The molecule has 2 amide bonds. The van der Waals surface area contributed by atoms with Gasteiger partial charge in [0.25, 0.3) is 0 Å². The fraction of sp³-hybridized carbons (Fsp3) is 0.556. The fourth-order valence-corrected chi connectivity index (χ4v) is 3.10. The van der Waals surface area contributed by atoms with Gasteiger partial charge in [0.1, 0.15) is 0 Å². The second-order valence-corrected chi connectivity index (χ2v) is 6.78. The van der Waals surface area contributed by atoms with Gasteiger partial charge in [-0.1, -0.05) is 30.7 Å². The van der Waals surface area contributed by atoms with Crippen molar-refractivity contribution in [1.29, 1.82) is 0 Å². The maximum absolute atomic E-state index is 12.5. The van der Waals surface area contributed by atoms with Crippen molar-refractivity contribution in [1.82, 2.24) is 20.4 Å². The molecule has 1 heterocycles. The standard InChI is InChI=1S/C18H27ClN4O2/c1-3-7-21-17(24)12-22(2)18(25)13-23-9-8-20-11-16(23)14-5-4-6-15(19)10-14/h4-6,10,16,20H,3,7-9,11-13H2,1-2H3,(H,21,24). The fourth-order valence-electron chi connectivity index (χ4n) is 2.90. The molecule has 6 nitrogen and oxygen atoms in total. The molecule has 7 heteroatoms. The smallest absolute Gasteiger partial charge is 0.239 e. The largest absolute Gasteiger partial charge is 0.355 e. The molecule has 0 aromatic heterocycles. The minimum atomic E-state index is -0.121. The molecule has 2 rings (SSSR count). The van der Waals surface area contributed by atoms with Gasteiger partial charge in [0.05, 0.1) is 13.1 Å². The van der Waals surface area contributed by atoms with Crippen LogP contribution in [0.4, 0.5) is 0 Å². The van der Waals surface area contributed by atoms with Crippen LogP contribution in [0.5, 0.6) is 0 Å². The van der Waals surface area contributed by atoms with Crippen molar-refractivity contribution < 1.29 is 9.59 Å². The van der Waals surface area contributed by atoms with Crippen molar-refractivity contribution in [2.75, 3.05) is 46.3 Å². The van der Waals surface area contributed by atoms with Crippen molar-refractivity contribution in [2.45, 2.75) is 19.4 Å². The summed E-state index contributed by atoms with van der Waals surface area (Å²) in [5, 5.41) is 6.85. The molecule has 25 heavy (non-hydrogen) atoms. The van der Waals surface area contributed by atoms with E-state index in [1.54, 1.807) is 7.05 Å². The molecule has 1 aromatic carbocycles. The van der Waals surface area contributed by atoms with Gasteiger partial charge in [-0.05, 0) is 24.1 Å². The van der Waals surface area contributed by atoms with Crippen molar-refractivity contribution >= 4 is 23.4 Å². The number of likely N-dealkylation sites (N-methyl/N-ethyl adjacent to an activating group) is 1. The summed E-state index contributed by atoms with van der Waals surface area (Å²) >= 11 is 6.11. The Hall–Kier alpha value is -1.63. The van der Waals surface area contributed by atoms with E-state index in [9.17, 15) is 9.59 Å². The van der Waals surface area contributed by atoms with E-state index < -0.39 is 0 Å². The van der Waals surface area contributed by atoms with Crippen molar-refractivity contribution in [3.05, 3.63) is 34.9 Å². The van der Waals surface area contributed by atoms with Gasteiger partial charge in [0, 0.05) is 44.3 Å². The summed E-state index contributed by atoms with van der Waals surface area (Å²) in [6.07, 6.45) is 0.880. The first kappa shape index (κ1) is 19.7. The first-order valence-electron chi connectivity index (χ1n) is 8.72. The SMILES string of the molecule is CCCNC(=O)CN(C)C(=O)CN1CCNCC1c1cccc(Cl)c1. The molecule has 1 aliphatic rings. The maximum Gasteiger partial charge on any atom is 0.239 e. The van der Waals surface area contributed by atoms with Gasteiger partial charge in [-0.3, -0.25) is 14.5 Å². The molecule has 1 atom stereocenters. The highest BCUT2D eigenvalue weighted by atomic mass is 35.5. The van der Waals surface area contributed by atoms with E-state index in [1.807, 2.05) is 31.2 Å². The van der Waals surface area contributed by atoms with Crippen LogP contribution in [-0.4, -0.2) is 67.9 Å². The Kier molecular flexibility index (Phi) is 7.68. The first-order chi connectivity index (χ1) is 12.0. The van der Waals surface area contributed by atoms with Crippen LogP contribution in [0.2, 0.25) is 5.02 Å². The Bertz CT molecular complexity index is 596. The number of hydrogen-bond acceptors (Lipinski definition) is 4. The summed E-state index contributed by atoms with van der Waals surface area (Å²) in [5.41, 5.74) is 1.09. The van der Waals surface area contributed by atoms with Crippen LogP contribution in [0.3, 0.4) is 0 Å². The quantitative estimate of drug-likeness (QED) is 0.762. The third kappa shape index (κ3) is 5.99. The minimum Gasteiger partial charge on any atom is -0.355 e. The molecule has 0 aliphatic carbocycles. The van der Waals surface area contributed by atoms with E-state index in [0.717, 1.165) is 31.6 Å². The summed E-state index contributed by atoms with van der Waals surface area (Å²) in [6, 6.07) is 7.84. The summed E-state index contributed by atoms with van der Waals surface area (Å²) in [6.45, 7) is 5.40. The average molecular weight is 367 g/mol. The van der Waals surface area contributed by atoms with E-state index in [2.05, 4.69) is 15.5 Å². The van der Waals surface area contributed by atoms with Crippen molar-refractivity contribution in [2.24, 2.45) is 0 Å². The Morgan fingerprint density at radius 1 is 1.44 bits per heavy atom. The lowest BCUT2D eigenvalue weighted by Crippen LogP contribution is -2.50. The summed E-state index contributed by atoms with van der Waals surface area (Å²) in [7, 11) is 1.67. The molecule has 0 radical (unpaired) electrons. The molecule has 1 saturated heterocycles. The lowest BCUT2D eigenvalue weighted by atomic mass is 10.0. The van der Waals surface area contributed by atoms with Crippen LogP contribution in [0.15, 0.2) is 24.3 Å². The van der Waals surface area contributed by atoms with E-state index in [-0.39, 0.29) is 30.9 Å². The normalized spacial score (nSPS) is 18.0. The zero-order chi connectivity index (χ0) is 18.2. The molecular formula is C18H27ClN4O2. The zero-order valence-electron chi connectivity index (χ0n) is 14.9. The lowest BCUT2D eigenvalue weighted by molar-refractivity contribution is -0.136. The Labute approximate surface area is 154 Å². The van der Waals surface area contributed by atoms with Crippen LogP contribution in [0, 0.1) is 0 Å². The second kappa shape index (κ2) is 9.75. The number of piperazine rings is 1. The maximum atomic E-state index is 12.5. The first-order valence-corrected chi connectivity index (χ1v) is 9.10. The van der Waals surface area contributed by atoms with Gasteiger partial charge in [-0.2, -0.15) is 0 Å². The number of carbonyl (C=O) groups excluding carboxylic acids is 2. The number of halogens is 1. The van der Waals surface area contributed by atoms with Gasteiger partial charge in [-0.15, -0.1) is 0 Å². The Morgan fingerprint density at radius 2 is 2.24 bits per heavy atom. The molecule has 0 saturated carbocycles. The topological polar surface area (TPSA) is 64.7 Å². The molecule has 1 unspecified atom stereocenters. The number of nitrogens with one attached hydrogen (secondary N) is 2. The third-order valence-electron chi connectivity index (χ3n) is 4.30. The molecule has 0 bridgehead atoms. The average Bonchev–Trinajstić information content (AvgIpc) is 2.60. The molecule has 138 valence electrons. The lowest BCUT2D eigenvalue weighted by Gasteiger charge is -2.36. The summed E-state index contributed by atoms with van der Waals surface area (Å²) in [4.78, 5) is 27.9. The predicted molar refractivity (Wildman–Crippen MR) is 99.6 cm³/mol. The number of hydrogen-bond donors (Lipinski definition) is 2. The van der Waals surface area contributed by atoms with Gasteiger partial charge < -0.3 is 15.5 Å². The highest BCUT2D eigenvalue weighted by molar-refractivity contribution is 6.30. The summed E-state index contributed by atoms with van der Waals surface area (Å²) in [5.74, 6) is -0.176. The van der Waals surface area contributed by atoms with Crippen LogP contribution in [0.25, 0.3) is 0 Å². The van der Waals surface area contributed by atoms with E-state index in [0.29, 0.717) is 11.6 Å². The molecular weight excluding hydrogens is 340 g/mol. The van der Waals surface area contributed by atoms with Crippen LogP contribution >= 0.6 is 11.6 Å². The van der Waals surface area contributed by atoms with Crippen molar-refractivity contribution in [3.8, 4) is 0 Å². The number of amides is 2. The second-order valence-electron chi connectivity index (χ2n) is 6.35. The molecule has 1 aromatic rings. The van der Waals surface area contributed by atoms with Crippen LogP contribution < -0.4 is 10.6 Å². The highest BCUT2D eigenvalue weighted by Gasteiger charge is 2.27. The van der Waals surface area contributed by atoms with Gasteiger partial charge in [-0.25, -0.2) is 0 Å². The molecule has 2 N–H and O–H groups in total. The molecule has 1 aliphatic heterocycles. The number of carbonyl (C=O) groups is 2. The number of rotatable bonds is 7. The van der Waals surface area contributed by atoms with E-state index >= 15 is 0 Å². The van der Waals surface area contributed by atoms with Gasteiger partial charge in [0.15, 0.2) is 0 Å². The molecule has 0 spiro atoms. The van der Waals surface area contributed by atoms with Crippen molar-refractivity contribution in [3.63, 3.8) is 0 Å². The Balaban J connectivity index is 1.96. The van der Waals surface area contributed by atoms with Gasteiger partial charge in [0.2, 0.25) is 11.8 Å². The monoisotopic (exact) mass is 366 g/mol. The summed E-state index contributed by atoms with van der Waals surface area (Å²) < 4.78 is 0. The number of benzene rings is 1. The predicted octanol–water partition coefficient (Wildman–Crippen LogP) is 1.27. The third-order valence-corrected chi connectivity index (χ3v) is 4.54. The number of nitrogens with zero attached hydrogens (tertiary/aromatic N) is 2. The van der Waals surface area contributed by atoms with Crippen LogP contribution in [-0.2, 0) is 9.59 Å². The zero-order valence-corrected chi connectivity index (χ0v) is 15.7. The van der Waals surface area contributed by atoms with E-state index in [1.165, 1.54) is 4.90 Å². The van der Waals surface area contributed by atoms with E-state index in [4.69, 9.17) is 11.6 Å². The van der Waals surface area contributed by atoms with Crippen LogP contribution in [0.1, 0.15) is 24.9 Å². The minimum absolute atomic E-state index is 0.0550. The molecule has 1 fully saturated rings. The Morgan fingerprint density at radius 3 is 2.96 bits per heavy atom.